The van der Waals surface area contributed by atoms with Crippen molar-refractivity contribution in [1.29, 1.82) is 0 Å². The Balaban J connectivity index is 2.80. The van der Waals surface area contributed by atoms with Crippen LogP contribution >= 0.6 is 11.3 Å². The van der Waals surface area contributed by atoms with E-state index in [-0.39, 0.29) is 5.91 Å². The number of thiophene rings is 1. The summed E-state index contributed by atoms with van der Waals surface area (Å²) in [5.41, 5.74) is 8.00. The molecule has 0 saturated carbocycles. The summed E-state index contributed by atoms with van der Waals surface area (Å²) < 4.78 is 1.02. The van der Waals surface area contributed by atoms with Gasteiger partial charge in [0.25, 0.3) is 5.91 Å². The molecule has 0 bridgehead atoms. The van der Waals surface area contributed by atoms with Crippen LogP contribution in [0.1, 0.15) is 20.9 Å². The molecule has 4 heteroatoms. The molecule has 0 aliphatic heterocycles. The van der Waals surface area contributed by atoms with Gasteiger partial charge in [-0.3, -0.25) is 9.78 Å². The zero-order valence-electron chi connectivity index (χ0n) is 8.00. The summed E-state index contributed by atoms with van der Waals surface area (Å²) in [7, 11) is 0. The maximum atomic E-state index is 11.1. The summed E-state index contributed by atoms with van der Waals surface area (Å²) in [6.07, 6.45) is 0. The predicted octanol–water partition coefficient (Wildman–Crippen LogP) is 2.01. The maximum absolute atomic E-state index is 11.1. The average Bonchev–Trinajstić information content (AvgIpc) is 2.44. The normalized spacial score (nSPS) is 10.7. The van der Waals surface area contributed by atoms with Gasteiger partial charge in [-0.2, -0.15) is 0 Å². The molecule has 0 aliphatic carbocycles. The number of aryl methyl sites for hydroxylation is 2. The summed E-state index contributed by atoms with van der Waals surface area (Å²) in [5, 5.41) is 0. The zero-order valence-corrected chi connectivity index (χ0v) is 8.81. The molecule has 0 fully saturated rings. The lowest BCUT2D eigenvalue weighted by Crippen LogP contribution is -2.09. The highest BCUT2D eigenvalue weighted by Gasteiger charge is 2.13. The minimum atomic E-state index is -0.372. The highest BCUT2D eigenvalue weighted by atomic mass is 32.1. The van der Waals surface area contributed by atoms with Crippen LogP contribution < -0.4 is 5.73 Å². The Bertz CT molecular complexity index is 516. The van der Waals surface area contributed by atoms with E-state index >= 15 is 0 Å². The van der Waals surface area contributed by atoms with Gasteiger partial charge in [-0.05, 0) is 31.5 Å². The minimum absolute atomic E-state index is 0.372. The van der Waals surface area contributed by atoms with E-state index in [0.717, 1.165) is 21.5 Å². The van der Waals surface area contributed by atoms with Gasteiger partial charge in [-0.1, -0.05) is 0 Å². The Morgan fingerprint density at radius 3 is 2.79 bits per heavy atom. The number of pyridine rings is 1. The predicted molar refractivity (Wildman–Crippen MR) is 57.6 cm³/mol. The van der Waals surface area contributed by atoms with Gasteiger partial charge in [0.15, 0.2) is 0 Å². The summed E-state index contributed by atoms with van der Waals surface area (Å²) in [4.78, 5) is 16.1. The number of rotatable bonds is 1. The lowest BCUT2D eigenvalue weighted by molar-refractivity contribution is 0.100. The van der Waals surface area contributed by atoms with Crippen LogP contribution in [0.15, 0.2) is 12.1 Å². The van der Waals surface area contributed by atoms with E-state index < -0.39 is 0 Å². The van der Waals surface area contributed by atoms with Gasteiger partial charge < -0.3 is 5.73 Å². The molecule has 0 aromatic carbocycles. The first kappa shape index (κ1) is 9.15. The van der Waals surface area contributed by atoms with Gasteiger partial charge in [-0.15, -0.1) is 11.3 Å². The number of amides is 1. The third kappa shape index (κ3) is 1.28. The molecule has 2 aromatic heterocycles. The van der Waals surface area contributed by atoms with Gasteiger partial charge in [0.1, 0.15) is 0 Å². The smallest absolute Gasteiger partial charge is 0.259 e. The number of aromatic nitrogens is 1. The standard InChI is InChI=1S/C10H10N2OS/c1-5-3-4-7-8(12-5)6(2)9(14-7)10(11)13/h3-4H,1-2H3,(H2,11,13). The number of carbonyl (C=O) groups excluding carboxylic acids is 1. The van der Waals surface area contributed by atoms with Crippen LogP contribution in [0.4, 0.5) is 0 Å². The molecule has 0 radical (unpaired) electrons. The van der Waals surface area contributed by atoms with Crippen molar-refractivity contribution in [3.63, 3.8) is 0 Å². The summed E-state index contributed by atoms with van der Waals surface area (Å²) in [6.45, 7) is 3.81. The van der Waals surface area contributed by atoms with E-state index in [0.29, 0.717) is 4.88 Å². The first-order valence-electron chi connectivity index (χ1n) is 4.26. The second-order valence-corrected chi connectivity index (χ2v) is 4.27. The molecule has 0 atom stereocenters. The largest absolute Gasteiger partial charge is 0.365 e. The van der Waals surface area contributed by atoms with Crippen LogP contribution in [0.25, 0.3) is 10.2 Å². The molecule has 2 rings (SSSR count). The van der Waals surface area contributed by atoms with E-state index in [1.165, 1.54) is 11.3 Å². The fourth-order valence-corrected chi connectivity index (χ4v) is 2.43. The van der Waals surface area contributed by atoms with Crippen LogP contribution in [-0.4, -0.2) is 10.9 Å². The van der Waals surface area contributed by atoms with E-state index in [9.17, 15) is 4.79 Å². The van der Waals surface area contributed by atoms with Gasteiger partial charge in [-0.25, -0.2) is 0 Å². The van der Waals surface area contributed by atoms with Crippen molar-refractivity contribution < 1.29 is 4.79 Å². The number of hydrogen-bond acceptors (Lipinski definition) is 3. The van der Waals surface area contributed by atoms with Crippen LogP contribution in [0.5, 0.6) is 0 Å². The van der Waals surface area contributed by atoms with E-state index in [4.69, 9.17) is 5.73 Å². The molecule has 2 N–H and O–H groups in total. The van der Waals surface area contributed by atoms with Crippen molar-refractivity contribution in [2.24, 2.45) is 5.73 Å². The summed E-state index contributed by atoms with van der Waals surface area (Å²) >= 11 is 1.40. The molecule has 3 nitrogen and oxygen atoms in total. The average molecular weight is 206 g/mol. The Kier molecular flexibility index (Phi) is 2.00. The Hall–Kier alpha value is -1.42. The topological polar surface area (TPSA) is 56.0 Å². The van der Waals surface area contributed by atoms with Crippen LogP contribution in [0.2, 0.25) is 0 Å². The molecule has 2 aromatic rings. The first-order valence-corrected chi connectivity index (χ1v) is 5.08. The zero-order chi connectivity index (χ0) is 10.3. The number of hydrogen-bond donors (Lipinski definition) is 1. The first-order chi connectivity index (χ1) is 6.59. The van der Waals surface area contributed by atoms with Crippen molar-refractivity contribution in [3.8, 4) is 0 Å². The number of carbonyl (C=O) groups is 1. The molecule has 72 valence electrons. The quantitative estimate of drug-likeness (QED) is 0.776. The summed E-state index contributed by atoms with van der Waals surface area (Å²) in [5.74, 6) is -0.372. The van der Waals surface area contributed by atoms with E-state index in [2.05, 4.69) is 4.98 Å². The minimum Gasteiger partial charge on any atom is -0.365 e. The Labute approximate surface area is 85.6 Å². The Morgan fingerprint density at radius 2 is 2.14 bits per heavy atom. The molecule has 2 heterocycles. The van der Waals surface area contributed by atoms with Gasteiger partial charge >= 0.3 is 0 Å². The van der Waals surface area contributed by atoms with Crippen molar-refractivity contribution in [2.45, 2.75) is 13.8 Å². The second-order valence-electron chi connectivity index (χ2n) is 3.22. The number of primary amides is 1. The van der Waals surface area contributed by atoms with Crippen molar-refractivity contribution in [3.05, 3.63) is 28.3 Å². The monoisotopic (exact) mass is 206 g/mol. The van der Waals surface area contributed by atoms with Crippen LogP contribution in [0, 0.1) is 13.8 Å². The van der Waals surface area contributed by atoms with Crippen LogP contribution in [-0.2, 0) is 0 Å². The third-order valence-electron chi connectivity index (χ3n) is 2.13. The molecule has 0 aliphatic rings. The van der Waals surface area contributed by atoms with E-state index in [1.807, 2.05) is 26.0 Å². The van der Waals surface area contributed by atoms with Crippen molar-refractivity contribution in [1.82, 2.24) is 4.98 Å². The second kappa shape index (κ2) is 3.06. The highest BCUT2D eigenvalue weighted by molar-refractivity contribution is 7.21. The fraction of sp³-hybridized carbons (Fsp3) is 0.200. The third-order valence-corrected chi connectivity index (χ3v) is 3.39. The molecule has 0 unspecified atom stereocenters. The van der Waals surface area contributed by atoms with Crippen molar-refractivity contribution >= 4 is 27.5 Å². The molecule has 0 spiro atoms. The molecular formula is C10H10N2OS. The fourth-order valence-electron chi connectivity index (χ4n) is 1.42. The highest BCUT2D eigenvalue weighted by Crippen LogP contribution is 2.28. The lowest BCUT2D eigenvalue weighted by atomic mass is 10.2. The number of nitrogens with two attached hydrogens (primary N) is 1. The van der Waals surface area contributed by atoms with Gasteiger partial charge in [0, 0.05) is 5.69 Å². The molecule has 1 amide bonds. The summed E-state index contributed by atoms with van der Waals surface area (Å²) in [6, 6.07) is 3.91. The van der Waals surface area contributed by atoms with Gasteiger partial charge in [0.05, 0.1) is 15.1 Å². The molecule has 0 saturated heterocycles. The molecular weight excluding hydrogens is 196 g/mol. The molecule has 14 heavy (non-hydrogen) atoms. The van der Waals surface area contributed by atoms with Crippen LogP contribution in [0.3, 0.4) is 0 Å². The SMILES string of the molecule is Cc1ccc2sc(C(N)=O)c(C)c2n1. The Morgan fingerprint density at radius 1 is 1.43 bits per heavy atom. The number of nitrogens with zero attached hydrogens (tertiary/aromatic N) is 1. The lowest BCUT2D eigenvalue weighted by Gasteiger charge is -1.93. The maximum Gasteiger partial charge on any atom is 0.259 e. The van der Waals surface area contributed by atoms with Gasteiger partial charge in [0.2, 0.25) is 0 Å². The van der Waals surface area contributed by atoms with E-state index in [1.54, 1.807) is 0 Å². The van der Waals surface area contributed by atoms with Crippen molar-refractivity contribution in [2.75, 3.05) is 0 Å². The number of fused-ring (bicyclic) bond motifs is 1.